The third kappa shape index (κ3) is 6.50. The summed E-state index contributed by atoms with van der Waals surface area (Å²) in [4.78, 5) is 15.8. The van der Waals surface area contributed by atoms with Crippen LogP contribution in [0.3, 0.4) is 0 Å². The number of carbonyl (C=O) groups is 1. The fraction of sp³-hybridized carbons (Fsp3) is 0.458. The highest BCUT2D eigenvalue weighted by molar-refractivity contribution is 7.88. The van der Waals surface area contributed by atoms with Gasteiger partial charge in [0.05, 0.1) is 34.4 Å². The van der Waals surface area contributed by atoms with E-state index >= 15 is 0 Å². The number of carbonyl (C=O) groups excluding carboxylic acids is 1. The number of aliphatic hydroxyl groups excluding tert-OH is 1. The Balaban J connectivity index is 1.80. The Morgan fingerprint density at radius 2 is 1.74 bits per heavy atom. The number of sulfonamides is 1. The molecule has 2 atom stereocenters. The van der Waals surface area contributed by atoms with Gasteiger partial charge in [-0.15, -0.1) is 0 Å². The Morgan fingerprint density at radius 1 is 1.09 bits per heavy atom. The first-order valence-corrected chi connectivity index (χ1v) is 13.7. The molecule has 2 N–H and O–H groups in total. The molecule has 1 aliphatic rings. The van der Waals surface area contributed by atoms with Crippen molar-refractivity contribution < 1.29 is 18.3 Å². The maximum absolute atomic E-state index is 13.7. The van der Waals surface area contributed by atoms with Crippen LogP contribution >= 0.6 is 23.2 Å². The van der Waals surface area contributed by atoms with Gasteiger partial charge in [-0.05, 0) is 43.1 Å². The van der Waals surface area contributed by atoms with E-state index in [1.165, 1.54) is 10.6 Å². The molecule has 7 nitrogen and oxygen atoms in total. The van der Waals surface area contributed by atoms with Gasteiger partial charge in [0, 0.05) is 26.2 Å². The van der Waals surface area contributed by atoms with E-state index in [4.69, 9.17) is 23.2 Å². The second kappa shape index (κ2) is 11.4. The van der Waals surface area contributed by atoms with Gasteiger partial charge in [0.25, 0.3) is 0 Å². The predicted octanol–water partition coefficient (Wildman–Crippen LogP) is 3.07. The maximum Gasteiger partial charge on any atom is 0.230 e. The van der Waals surface area contributed by atoms with Gasteiger partial charge in [0.2, 0.25) is 15.9 Å². The Hall–Kier alpha value is -1.68. The van der Waals surface area contributed by atoms with E-state index in [2.05, 4.69) is 10.2 Å². The van der Waals surface area contributed by atoms with E-state index in [0.29, 0.717) is 49.2 Å². The minimum Gasteiger partial charge on any atom is -0.394 e. The van der Waals surface area contributed by atoms with Crippen LogP contribution in [0.1, 0.15) is 30.5 Å². The Labute approximate surface area is 211 Å². The van der Waals surface area contributed by atoms with Crippen molar-refractivity contribution in [2.24, 2.45) is 0 Å². The molecule has 1 fully saturated rings. The van der Waals surface area contributed by atoms with Crippen molar-refractivity contribution in [2.45, 2.75) is 24.8 Å². The van der Waals surface area contributed by atoms with Crippen molar-refractivity contribution in [3.05, 3.63) is 69.7 Å². The monoisotopic (exact) mass is 527 g/mol. The highest BCUT2D eigenvalue weighted by atomic mass is 35.5. The van der Waals surface area contributed by atoms with Crippen LogP contribution in [0.25, 0.3) is 0 Å². The molecular formula is C24H31Cl2N3O4S. The summed E-state index contributed by atoms with van der Waals surface area (Å²) in [6.45, 7) is 4.25. The van der Waals surface area contributed by atoms with Crippen molar-refractivity contribution in [1.29, 1.82) is 0 Å². The molecule has 0 aromatic heterocycles. The highest BCUT2D eigenvalue weighted by Crippen LogP contribution is 2.34. The lowest BCUT2D eigenvalue weighted by Crippen LogP contribution is -2.50. The van der Waals surface area contributed by atoms with Crippen LogP contribution in [0.5, 0.6) is 0 Å². The summed E-state index contributed by atoms with van der Waals surface area (Å²) < 4.78 is 25.1. The van der Waals surface area contributed by atoms with Gasteiger partial charge in [0.1, 0.15) is 0 Å². The van der Waals surface area contributed by atoms with Gasteiger partial charge in [0.15, 0.2) is 0 Å². The fourth-order valence-electron chi connectivity index (χ4n) is 4.13. The average Bonchev–Trinajstić information content (AvgIpc) is 2.82. The molecule has 0 aliphatic carbocycles. The van der Waals surface area contributed by atoms with Crippen molar-refractivity contribution in [2.75, 3.05) is 45.6 Å². The van der Waals surface area contributed by atoms with E-state index in [1.54, 1.807) is 18.2 Å². The quantitative estimate of drug-likeness (QED) is 0.522. The largest absolute Gasteiger partial charge is 0.394 e. The molecular weight excluding hydrogens is 497 g/mol. The van der Waals surface area contributed by atoms with Crippen molar-refractivity contribution in [3.63, 3.8) is 0 Å². The summed E-state index contributed by atoms with van der Waals surface area (Å²) >= 11 is 12.4. The number of benzene rings is 2. The Bertz CT molecular complexity index is 1090. The van der Waals surface area contributed by atoms with Gasteiger partial charge in [-0.1, -0.05) is 59.6 Å². The molecule has 1 aliphatic heterocycles. The molecule has 0 saturated carbocycles. The molecule has 2 aromatic carbocycles. The normalized spacial score (nSPS) is 18.3. The van der Waals surface area contributed by atoms with Gasteiger partial charge in [-0.3, -0.25) is 4.79 Å². The molecule has 0 spiro atoms. The zero-order chi connectivity index (χ0) is 24.9. The van der Waals surface area contributed by atoms with E-state index in [-0.39, 0.29) is 12.5 Å². The summed E-state index contributed by atoms with van der Waals surface area (Å²) in [7, 11) is -3.21. The lowest BCUT2D eigenvalue weighted by molar-refractivity contribution is -0.127. The highest BCUT2D eigenvalue weighted by Gasteiger charge is 2.37. The zero-order valence-electron chi connectivity index (χ0n) is 19.4. The van der Waals surface area contributed by atoms with Crippen molar-refractivity contribution in [3.8, 4) is 0 Å². The number of hydrogen-bond acceptors (Lipinski definition) is 5. The first kappa shape index (κ1) is 26.9. The number of hydrogen-bond donors (Lipinski definition) is 2. The molecule has 1 heterocycles. The van der Waals surface area contributed by atoms with Crippen LogP contribution in [0, 0.1) is 0 Å². The molecule has 186 valence electrons. The molecule has 1 unspecified atom stereocenters. The molecule has 0 radical (unpaired) electrons. The molecule has 1 amide bonds. The Morgan fingerprint density at radius 3 is 2.29 bits per heavy atom. The van der Waals surface area contributed by atoms with Gasteiger partial charge in [-0.25, -0.2) is 8.42 Å². The van der Waals surface area contributed by atoms with Crippen LogP contribution in [0.15, 0.2) is 48.5 Å². The number of rotatable bonds is 9. The Kier molecular flexibility index (Phi) is 9.00. The minimum absolute atomic E-state index is 0.233. The van der Waals surface area contributed by atoms with Gasteiger partial charge < -0.3 is 15.3 Å². The summed E-state index contributed by atoms with van der Waals surface area (Å²) in [6, 6.07) is 14.0. The first-order valence-electron chi connectivity index (χ1n) is 11.1. The minimum atomic E-state index is -3.21. The predicted molar refractivity (Wildman–Crippen MR) is 136 cm³/mol. The third-order valence-electron chi connectivity index (χ3n) is 6.48. The van der Waals surface area contributed by atoms with Crippen LogP contribution in [0.2, 0.25) is 10.0 Å². The van der Waals surface area contributed by atoms with Gasteiger partial charge in [-0.2, -0.15) is 4.31 Å². The first-order chi connectivity index (χ1) is 16.0. The van der Waals surface area contributed by atoms with Crippen LogP contribution in [-0.4, -0.2) is 74.2 Å². The molecule has 2 aromatic rings. The van der Waals surface area contributed by atoms with E-state index in [9.17, 15) is 18.3 Å². The summed E-state index contributed by atoms with van der Waals surface area (Å²) in [6.07, 6.45) is 1.70. The number of piperazine rings is 1. The molecule has 3 rings (SSSR count). The summed E-state index contributed by atoms with van der Waals surface area (Å²) in [5.41, 5.74) is 0.579. The molecule has 34 heavy (non-hydrogen) atoms. The third-order valence-corrected chi connectivity index (χ3v) is 8.52. The van der Waals surface area contributed by atoms with Gasteiger partial charge >= 0.3 is 0 Å². The smallest absolute Gasteiger partial charge is 0.230 e. The second-order valence-corrected chi connectivity index (χ2v) is 11.6. The number of aliphatic hydroxyl groups is 1. The molecule has 10 heteroatoms. The maximum atomic E-state index is 13.7. The number of nitrogens with zero attached hydrogens (tertiary/aromatic N) is 2. The van der Waals surface area contributed by atoms with E-state index in [1.807, 2.05) is 37.3 Å². The molecule has 0 bridgehead atoms. The number of nitrogens with one attached hydrogen (secondary N) is 1. The fourth-order valence-corrected chi connectivity index (χ4v) is 5.26. The van der Waals surface area contributed by atoms with Crippen LogP contribution in [-0.2, 0) is 20.2 Å². The van der Waals surface area contributed by atoms with Crippen LogP contribution in [0.4, 0.5) is 0 Å². The molecule has 1 saturated heterocycles. The lowest BCUT2D eigenvalue weighted by atomic mass is 9.78. The van der Waals surface area contributed by atoms with E-state index in [0.717, 1.165) is 11.1 Å². The zero-order valence-corrected chi connectivity index (χ0v) is 21.7. The summed E-state index contributed by atoms with van der Waals surface area (Å²) in [5, 5.41) is 13.7. The summed E-state index contributed by atoms with van der Waals surface area (Å²) in [5.74, 6) is -0.233. The topological polar surface area (TPSA) is 90.0 Å². The van der Waals surface area contributed by atoms with Crippen LogP contribution < -0.4 is 5.32 Å². The lowest BCUT2D eigenvalue weighted by Gasteiger charge is -2.37. The standard InChI is InChI=1S/C24H31Cl2N3O4S/c1-24(19-8-9-20(25)21(26)16-19,10-11-28-12-14-29(15-13-28)34(2,32)33)23(31)27-22(17-30)18-6-4-3-5-7-18/h3-9,16,22,30H,10-15,17H2,1-2H3,(H,27,31)/t22-,24?/m0/s1. The van der Waals surface area contributed by atoms with E-state index < -0.39 is 21.5 Å². The number of amides is 1. The SMILES string of the molecule is CC(CCN1CCN(S(C)(=O)=O)CC1)(C(=O)N[C@@H](CO)c1ccccc1)c1ccc(Cl)c(Cl)c1. The number of halogens is 2. The average molecular weight is 529 g/mol. The second-order valence-electron chi connectivity index (χ2n) is 8.83. The van der Waals surface area contributed by atoms with Crippen molar-refractivity contribution in [1.82, 2.24) is 14.5 Å². The van der Waals surface area contributed by atoms with Crippen molar-refractivity contribution >= 4 is 39.1 Å².